The Bertz CT molecular complexity index is 679. The molecule has 0 bridgehead atoms. The largest absolute Gasteiger partial charge is 0.497 e. The van der Waals surface area contributed by atoms with Crippen molar-refractivity contribution in [2.75, 3.05) is 12.4 Å². The molecular weight excluding hydrogens is 343 g/mol. The van der Waals surface area contributed by atoms with Crippen LogP contribution in [0.3, 0.4) is 0 Å². The monoisotopic (exact) mass is 354 g/mol. The highest BCUT2D eigenvalue weighted by molar-refractivity contribution is 9.10. The van der Waals surface area contributed by atoms with E-state index in [1.807, 2.05) is 12.1 Å². The van der Waals surface area contributed by atoms with Crippen LogP contribution in [0.5, 0.6) is 5.75 Å². The zero-order valence-electron chi connectivity index (χ0n) is 11.1. The van der Waals surface area contributed by atoms with Gasteiger partial charge in [0.1, 0.15) is 17.3 Å². The van der Waals surface area contributed by atoms with E-state index in [2.05, 4.69) is 21.2 Å². The van der Waals surface area contributed by atoms with E-state index in [1.165, 1.54) is 0 Å². The van der Waals surface area contributed by atoms with Gasteiger partial charge in [0.25, 0.3) is 5.69 Å². The molecule has 0 aliphatic carbocycles. The Kier molecular flexibility index (Phi) is 4.74. The number of nitro benzene ring substituents is 1. The number of anilines is 1. The molecule has 0 unspecified atom stereocenters. The highest BCUT2D eigenvalue weighted by Gasteiger charge is 2.17. The molecule has 0 saturated carbocycles. The molecule has 0 amide bonds. The van der Waals surface area contributed by atoms with Crippen molar-refractivity contribution in [3.63, 3.8) is 0 Å². The summed E-state index contributed by atoms with van der Waals surface area (Å²) in [7, 11) is 1.56. The number of hydrogen-bond acceptors (Lipinski definition) is 4. The number of nitrogens with zero attached hydrogens (tertiary/aromatic N) is 1. The molecule has 0 fully saturated rings. The molecule has 0 atom stereocenters. The van der Waals surface area contributed by atoms with Gasteiger partial charge >= 0.3 is 0 Å². The average molecular weight is 355 g/mol. The maximum absolute atomic E-state index is 13.5. The van der Waals surface area contributed by atoms with Gasteiger partial charge in [-0.15, -0.1) is 0 Å². The Morgan fingerprint density at radius 1 is 1.38 bits per heavy atom. The first kappa shape index (κ1) is 15.2. The lowest BCUT2D eigenvalue weighted by molar-refractivity contribution is -0.384. The van der Waals surface area contributed by atoms with Crippen LogP contribution in [-0.4, -0.2) is 12.0 Å². The first-order chi connectivity index (χ1) is 10.0. The average Bonchev–Trinajstić information content (AvgIpc) is 2.48. The number of ether oxygens (including phenoxy) is 1. The van der Waals surface area contributed by atoms with Crippen LogP contribution in [0, 0.1) is 15.9 Å². The summed E-state index contributed by atoms with van der Waals surface area (Å²) >= 11 is 2.94. The Balaban J connectivity index is 2.22. The van der Waals surface area contributed by atoms with Crippen molar-refractivity contribution < 1.29 is 14.1 Å². The van der Waals surface area contributed by atoms with Gasteiger partial charge in [-0.1, -0.05) is 12.1 Å². The topological polar surface area (TPSA) is 64.4 Å². The highest BCUT2D eigenvalue weighted by Crippen LogP contribution is 2.31. The van der Waals surface area contributed by atoms with Crippen LogP contribution in [-0.2, 0) is 6.54 Å². The fourth-order valence-electron chi connectivity index (χ4n) is 1.81. The molecule has 1 N–H and O–H groups in total. The van der Waals surface area contributed by atoms with E-state index in [0.717, 1.165) is 17.7 Å². The van der Waals surface area contributed by atoms with Gasteiger partial charge in [0.2, 0.25) is 0 Å². The number of nitrogens with one attached hydrogen (secondary N) is 1. The molecule has 2 rings (SSSR count). The van der Waals surface area contributed by atoms with Gasteiger partial charge in [-0.2, -0.15) is 0 Å². The Labute approximate surface area is 129 Å². The minimum atomic E-state index is -0.561. The molecular formula is C14H12BrFN2O3. The van der Waals surface area contributed by atoms with Crippen molar-refractivity contribution in [1.82, 2.24) is 0 Å². The fraction of sp³-hybridized carbons (Fsp3) is 0.143. The van der Waals surface area contributed by atoms with Crippen molar-refractivity contribution >= 4 is 27.3 Å². The second-order valence-electron chi connectivity index (χ2n) is 4.25. The van der Waals surface area contributed by atoms with Crippen molar-refractivity contribution in [3.8, 4) is 5.75 Å². The van der Waals surface area contributed by atoms with Crippen LogP contribution in [0.2, 0.25) is 0 Å². The first-order valence-corrected chi connectivity index (χ1v) is 6.81. The first-order valence-electron chi connectivity index (χ1n) is 6.01. The maximum atomic E-state index is 13.5. The summed E-state index contributed by atoms with van der Waals surface area (Å²) < 4.78 is 18.7. The standard InChI is InChI=1S/C14H12BrFN2O3/c1-21-10-4-2-3-9(5-10)8-17-13-7-12(16)11(15)6-14(13)18(19)20/h2-7,17H,8H2,1H3. The predicted octanol–water partition coefficient (Wildman–Crippen LogP) is 4.12. The van der Waals surface area contributed by atoms with Crippen LogP contribution < -0.4 is 10.1 Å². The molecule has 5 nitrogen and oxygen atoms in total. The lowest BCUT2D eigenvalue weighted by Crippen LogP contribution is -2.03. The van der Waals surface area contributed by atoms with Crippen LogP contribution >= 0.6 is 15.9 Å². The summed E-state index contributed by atoms with van der Waals surface area (Å²) in [5, 5.41) is 13.9. The molecule has 0 saturated heterocycles. The van der Waals surface area contributed by atoms with E-state index < -0.39 is 10.7 Å². The van der Waals surface area contributed by atoms with Crippen molar-refractivity contribution in [2.45, 2.75) is 6.54 Å². The predicted molar refractivity (Wildman–Crippen MR) is 81.1 cm³/mol. The number of halogens is 2. The summed E-state index contributed by atoms with van der Waals surface area (Å²) in [6.07, 6.45) is 0. The molecule has 0 heterocycles. The molecule has 0 aliphatic heterocycles. The van der Waals surface area contributed by atoms with Gasteiger partial charge in [0.05, 0.1) is 16.5 Å². The third-order valence-electron chi connectivity index (χ3n) is 2.85. The minimum absolute atomic E-state index is 0.0566. The Morgan fingerprint density at radius 3 is 2.81 bits per heavy atom. The second-order valence-corrected chi connectivity index (χ2v) is 5.10. The van der Waals surface area contributed by atoms with Gasteiger partial charge < -0.3 is 10.1 Å². The second kappa shape index (κ2) is 6.53. The zero-order valence-corrected chi connectivity index (χ0v) is 12.7. The summed E-state index contributed by atoms with van der Waals surface area (Å²) in [5.74, 6) is 0.125. The lowest BCUT2D eigenvalue weighted by Gasteiger charge is -2.09. The third kappa shape index (κ3) is 3.69. The number of hydrogen-bond donors (Lipinski definition) is 1. The van der Waals surface area contributed by atoms with Crippen LogP contribution in [0.15, 0.2) is 40.9 Å². The summed E-state index contributed by atoms with van der Waals surface area (Å²) in [5.41, 5.74) is 0.807. The van der Waals surface area contributed by atoms with Gasteiger partial charge in [0.15, 0.2) is 0 Å². The molecule has 2 aromatic carbocycles. The van der Waals surface area contributed by atoms with Crippen LogP contribution in [0.1, 0.15) is 5.56 Å². The van der Waals surface area contributed by atoms with E-state index in [9.17, 15) is 14.5 Å². The Hall–Kier alpha value is -2.15. The zero-order chi connectivity index (χ0) is 15.4. The Morgan fingerprint density at radius 2 is 2.14 bits per heavy atom. The van der Waals surface area contributed by atoms with E-state index in [1.54, 1.807) is 19.2 Å². The molecule has 0 aromatic heterocycles. The highest BCUT2D eigenvalue weighted by atomic mass is 79.9. The normalized spacial score (nSPS) is 10.2. The number of methoxy groups -OCH3 is 1. The van der Waals surface area contributed by atoms with Gasteiger partial charge in [0, 0.05) is 18.7 Å². The number of rotatable bonds is 5. The molecule has 0 aliphatic rings. The smallest absolute Gasteiger partial charge is 0.293 e. The molecule has 0 spiro atoms. The molecule has 2 aromatic rings. The summed E-state index contributed by atoms with van der Waals surface area (Å²) in [4.78, 5) is 10.4. The van der Waals surface area contributed by atoms with Crippen molar-refractivity contribution in [1.29, 1.82) is 0 Å². The van der Waals surface area contributed by atoms with E-state index in [0.29, 0.717) is 12.3 Å². The lowest BCUT2D eigenvalue weighted by atomic mass is 10.2. The minimum Gasteiger partial charge on any atom is -0.497 e. The summed E-state index contributed by atoms with van der Waals surface area (Å²) in [6, 6.07) is 9.49. The van der Waals surface area contributed by atoms with Gasteiger partial charge in [-0.05, 0) is 33.6 Å². The van der Waals surface area contributed by atoms with Crippen LogP contribution in [0.25, 0.3) is 0 Å². The van der Waals surface area contributed by atoms with E-state index >= 15 is 0 Å². The van der Waals surface area contributed by atoms with E-state index in [-0.39, 0.29) is 15.8 Å². The van der Waals surface area contributed by atoms with Gasteiger partial charge in [-0.3, -0.25) is 10.1 Å². The quantitative estimate of drug-likeness (QED) is 0.647. The molecule has 0 radical (unpaired) electrons. The van der Waals surface area contributed by atoms with Crippen molar-refractivity contribution in [2.24, 2.45) is 0 Å². The van der Waals surface area contributed by atoms with Crippen molar-refractivity contribution in [3.05, 3.63) is 62.4 Å². The molecule has 110 valence electrons. The molecule has 7 heteroatoms. The SMILES string of the molecule is COc1cccc(CNc2cc(F)c(Br)cc2[N+](=O)[O-])c1. The van der Waals surface area contributed by atoms with Gasteiger partial charge in [-0.25, -0.2) is 4.39 Å². The maximum Gasteiger partial charge on any atom is 0.293 e. The summed E-state index contributed by atoms with van der Waals surface area (Å²) in [6.45, 7) is 0.319. The van der Waals surface area contributed by atoms with Crippen LogP contribution in [0.4, 0.5) is 15.8 Å². The van der Waals surface area contributed by atoms with E-state index in [4.69, 9.17) is 4.74 Å². The fourth-order valence-corrected chi connectivity index (χ4v) is 2.14. The third-order valence-corrected chi connectivity index (χ3v) is 3.46. The number of nitro groups is 1. The molecule has 21 heavy (non-hydrogen) atoms. The number of benzene rings is 2.